The van der Waals surface area contributed by atoms with Crippen LogP contribution < -0.4 is 4.74 Å². The molecule has 1 aromatic heterocycles. The van der Waals surface area contributed by atoms with Crippen molar-refractivity contribution in [1.82, 2.24) is 14.9 Å². The number of carboxylic acids is 1. The van der Waals surface area contributed by atoms with E-state index in [4.69, 9.17) is 5.11 Å². The van der Waals surface area contributed by atoms with Crippen molar-refractivity contribution < 1.29 is 23.4 Å². The summed E-state index contributed by atoms with van der Waals surface area (Å²) in [5, 5.41) is 22.0. The maximum absolute atomic E-state index is 12.6. The van der Waals surface area contributed by atoms with Crippen LogP contribution in [-0.2, 0) is 4.79 Å². The molecule has 0 spiro atoms. The highest BCUT2D eigenvalue weighted by atomic mass is 32.2. The smallest absolute Gasteiger partial charge is 0.387 e. The Hall–Kier alpha value is -2.49. The Morgan fingerprint density at radius 2 is 2.07 bits per heavy atom. The third kappa shape index (κ3) is 5.28. The fraction of sp³-hybridized carbons (Fsp3) is 0.444. The number of carboxylic acid groups (broad SMARTS) is 1. The second kappa shape index (κ2) is 9.63. The van der Waals surface area contributed by atoms with Crippen molar-refractivity contribution in [3.8, 4) is 5.75 Å². The Bertz CT molecular complexity index is 838. The Kier molecular flexibility index (Phi) is 6.96. The van der Waals surface area contributed by atoms with E-state index in [1.54, 1.807) is 18.2 Å². The van der Waals surface area contributed by atoms with Gasteiger partial charge in [0.1, 0.15) is 5.75 Å². The summed E-state index contributed by atoms with van der Waals surface area (Å²) in [5.41, 5.74) is 0.375. The Labute approximate surface area is 164 Å². The summed E-state index contributed by atoms with van der Waals surface area (Å²) >= 11 is 1.01. The summed E-state index contributed by atoms with van der Waals surface area (Å²) < 4.78 is 31.3. The van der Waals surface area contributed by atoms with Crippen molar-refractivity contribution in [2.75, 3.05) is 5.75 Å². The van der Waals surface area contributed by atoms with Crippen LogP contribution >= 0.6 is 11.8 Å². The van der Waals surface area contributed by atoms with Gasteiger partial charge in [-0.05, 0) is 25.0 Å². The fourth-order valence-electron chi connectivity index (χ4n) is 3.13. The van der Waals surface area contributed by atoms with Crippen LogP contribution in [0.15, 0.2) is 34.5 Å². The number of aliphatic carboxylic acids is 1. The first-order valence-corrected chi connectivity index (χ1v) is 9.91. The molecule has 1 aromatic carbocycles. The van der Waals surface area contributed by atoms with Gasteiger partial charge in [-0.15, -0.1) is 10.2 Å². The van der Waals surface area contributed by atoms with Gasteiger partial charge in [0.25, 0.3) is 0 Å². The molecule has 1 aliphatic carbocycles. The van der Waals surface area contributed by atoms with Gasteiger partial charge in [-0.1, -0.05) is 43.2 Å². The molecule has 28 heavy (non-hydrogen) atoms. The molecule has 1 saturated carbocycles. The number of aromatic nitrogens is 3. The van der Waals surface area contributed by atoms with E-state index in [9.17, 15) is 13.6 Å². The summed E-state index contributed by atoms with van der Waals surface area (Å²) in [6.07, 6.45) is 6.67. The summed E-state index contributed by atoms with van der Waals surface area (Å²) in [6.45, 7) is -2.94. The lowest BCUT2D eigenvalue weighted by molar-refractivity contribution is -0.133. The molecular weight excluding hydrogens is 390 g/mol. The highest BCUT2D eigenvalue weighted by Gasteiger charge is 2.24. The lowest BCUT2D eigenvalue weighted by Gasteiger charge is -2.20. The number of ether oxygens (including phenoxy) is 1. The first-order valence-electron chi connectivity index (χ1n) is 8.92. The van der Waals surface area contributed by atoms with Crippen LogP contribution in [0.4, 0.5) is 8.78 Å². The van der Waals surface area contributed by atoms with Gasteiger partial charge in [-0.25, -0.2) is 0 Å². The number of rotatable bonds is 8. The lowest BCUT2D eigenvalue weighted by Crippen LogP contribution is -2.11. The molecule has 1 aliphatic rings. The molecule has 3 rings (SSSR count). The molecule has 7 nitrogen and oxygen atoms in total. The molecule has 0 bridgehead atoms. The largest absolute Gasteiger partial charge is 0.481 e. The zero-order chi connectivity index (χ0) is 19.9. The molecule has 1 fully saturated rings. The highest BCUT2D eigenvalue weighted by Crippen LogP contribution is 2.33. The molecule has 1 N–H and O–H groups in total. The van der Waals surface area contributed by atoms with E-state index >= 15 is 0 Å². The number of thioether (sulfide) groups is 1. The highest BCUT2D eigenvalue weighted by molar-refractivity contribution is 7.99. The number of nitrogens with zero attached hydrogens (tertiary/aromatic N) is 4. The maximum Gasteiger partial charge on any atom is 0.387 e. The van der Waals surface area contributed by atoms with Gasteiger partial charge in [0.15, 0.2) is 5.82 Å². The van der Waals surface area contributed by atoms with Gasteiger partial charge >= 0.3 is 12.6 Å². The van der Waals surface area contributed by atoms with E-state index in [1.807, 2.05) is 0 Å². The molecule has 10 heteroatoms. The standard InChI is InChI=1S/C18H20F2N4O3S/c19-17(20)27-14-9-5-4-8-13(14)10-21-24-16(12-6-2-1-3-7-12)22-23-18(24)28-11-15(25)26/h4-5,8-10,12,17H,1-3,6-7,11H2,(H,25,26)/b21-10-. The van der Waals surface area contributed by atoms with Gasteiger partial charge in [0.05, 0.1) is 12.0 Å². The van der Waals surface area contributed by atoms with Gasteiger partial charge in [0, 0.05) is 11.5 Å². The average Bonchev–Trinajstić information content (AvgIpc) is 3.09. The average molecular weight is 410 g/mol. The van der Waals surface area contributed by atoms with E-state index < -0.39 is 12.6 Å². The molecule has 0 saturated heterocycles. The van der Waals surface area contributed by atoms with Gasteiger partial charge in [-0.2, -0.15) is 18.6 Å². The molecular formula is C18H20F2N4O3S. The predicted octanol–water partition coefficient (Wildman–Crippen LogP) is 3.99. The zero-order valence-corrected chi connectivity index (χ0v) is 15.8. The number of benzene rings is 1. The third-order valence-corrected chi connectivity index (χ3v) is 5.28. The second-order valence-electron chi connectivity index (χ2n) is 6.33. The summed E-state index contributed by atoms with van der Waals surface area (Å²) in [6, 6.07) is 6.32. The summed E-state index contributed by atoms with van der Waals surface area (Å²) in [4.78, 5) is 10.9. The van der Waals surface area contributed by atoms with Crippen LogP contribution in [0.1, 0.15) is 49.4 Å². The molecule has 2 aromatic rings. The van der Waals surface area contributed by atoms with Gasteiger partial charge in [0.2, 0.25) is 5.16 Å². The minimum absolute atomic E-state index is 0.00767. The lowest BCUT2D eigenvalue weighted by atomic mass is 9.89. The second-order valence-corrected chi connectivity index (χ2v) is 7.27. The number of hydrogen-bond donors (Lipinski definition) is 1. The van der Waals surface area contributed by atoms with Crippen molar-refractivity contribution >= 4 is 23.9 Å². The minimum Gasteiger partial charge on any atom is -0.481 e. The monoisotopic (exact) mass is 410 g/mol. The van der Waals surface area contributed by atoms with Crippen molar-refractivity contribution in [1.29, 1.82) is 0 Å². The number of hydrogen-bond acceptors (Lipinski definition) is 6. The number of alkyl halides is 2. The first kappa shape index (κ1) is 20.2. The van der Waals surface area contributed by atoms with Crippen LogP contribution in [0.25, 0.3) is 0 Å². The predicted molar refractivity (Wildman–Crippen MR) is 100 cm³/mol. The van der Waals surface area contributed by atoms with Crippen molar-refractivity contribution in [2.45, 2.75) is 49.8 Å². The third-order valence-electron chi connectivity index (χ3n) is 4.38. The molecule has 0 unspecified atom stereocenters. The summed E-state index contributed by atoms with van der Waals surface area (Å²) in [5.74, 6) is -0.295. The molecule has 0 radical (unpaired) electrons. The summed E-state index contributed by atoms with van der Waals surface area (Å²) in [7, 11) is 0. The SMILES string of the molecule is O=C(O)CSc1nnc(C2CCCCC2)n1/N=C\c1ccccc1OC(F)F. The quantitative estimate of drug-likeness (QED) is 0.523. The van der Waals surface area contributed by atoms with Crippen molar-refractivity contribution in [2.24, 2.45) is 5.10 Å². The first-order chi connectivity index (χ1) is 13.5. The van der Waals surface area contributed by atoms with Crippen LogP contribution in [0.2, 0.25) is 0 Å². The van der Waals surface area contributed by atoms with E-state index in [0.717, 1.165) is 37.4 Å². The molecule has 150 valence electrons. The molecule has 1 heterocycles. The topological polar surface area (TPSA) is 89.6 Å². The van der Waals surface area contributed by atoms with E-state index in [2.05, 4.69) is 20.0 Å². The van der Waals surface area contributed by atoms with E-state index in [-0.39, 0.29) is 17.4 Å². The van der Waals surface area contributed by atoms with E-state index in [1.165, 1.54) is 23.4 Å². The Morgan fingerprint density at radius 1 is 1.32 bits per heavy atom. The molecule has 0 atom stereocenters. The van der Waals surface area contributed by atoms with Crippen LogP contribution in [0, 0.1) is 0 Å². The zero-order valence-electron chi connectivity index (χ0n) is 15.0. The van der Waals surface area contributed by atoms with Crippen LogP contribution in [0.5, 0.6) is 5.75 Å². The van der Waals surface area contributed by atoms with E-state index in [0.29, 0.717) is 16.5 Å². The Balaban J connectivity index is 1.91. The normalized spacial score (nSPS) is 15.4. The van der Waals surface area contributed by atoms with Crippen LogP contribution in [0.3, 0.4) is 0 Å². The van der Waals surface area contributed by atoms with Crippen molar-refractivity contribution in [3.63, 3.8) is 0 Å². The number of para-hydroxylation sites is 1. The Morgan fingerprint density at radius 3 is 2.79 bits per heavy atom. The molecule has 0 amide bonds. The number of halogens is 2. The van der Waals surface area contributed by atoms with Gasteiger partial charge < -0.3 is 9.84 Å². The fourth-order valence-corrected chi connectivity index (χ4v) is 3.74. The number of carbonyl (C=O) groups is 1. The maximum atomic E-state index is 12.6. The van der Waals surface area contributed by atoms with Crippen LogP contribution in [-0.4, -0.2) is 44.5 Å². The van der Waals surface area contributed by atoms with Crippen molar-refractivity contribution in [3.05, 3.63) is 35.7 Å². The minimum atomic E-state index is -2.94. The van der Waals surface area contributed by atoms with Gasteiger partial charge in [-0.3, -0.25) is 4.79 Å². The molecule has 0 aliphatic heterocycles.